The number of hydrogen-bond donors (Lipinski definition) is 1. The van der Waals surface area contributed by atoms with E-state index in [2.05, 4.69) is 0 Å². The third-order valence-electron chi connectivity index (χ3n) is 0. The van der Waals surface area contributed by atoms with Gasteiger partial charge in [-0.05, 0) is 20.8 Å². The number of aliphatic hydroxyl groups is 1. The molecule has 0 saturated carbocycles. The molecule has 0 aromatic carbocycles. The van der Waals surface area contributed by atoms with Crippen molar-refractivity contribution in [1.29, 1.82) is 0 Å². The van der Waals surface area contributed by atoms with Gasteiger partial charge >= 0.3 is 0 Å². The zero-order valence-electron chi connectivity index (χ0n) is 5.02. The fraction of sp³-hybridized carbons (Fsp3) is 1.00. The molecular weight excluding hydrogens is 296 g/mol. The fourth-order valence-corrected chi connectivity index (χ4v) is 0. The summed E-state index contributed by atoms with van der Waals surface area (Å²) in [4.78, 5) is 0. The largest absolute Gasteiger partial charge is 0.391 e. The van der Waals surface area contributed by atoms with Gasteiger partial charge < -0.3 is 5.11 Å². The Morgan fingerprint density at radius 1 is 1.14 bits per heavy atom. The van der Waals surface area contributed by atoms with E-state index in [9.17, 15) is 0 Å². The van der Waals surface area contributed by atoms with Crippen molar-refractivity contribution in [3.63, 3.8) is 0 Å². The van der Waals surface area contributed by atoms with Crippen molar-refractivity contribution in [2.24, 2.45) is 0 Å². The summed E-state index contributed by atoms with van der Waals surface area (Å²) in [5, 5.41) is 8.52. The molecule has 0 spiro atoms. The molecule has 39 valence electrons. The molecule has 0 aliphatic heterocycles. The fourth-order valence-electron chi connectivity index (χ4n) is 0. The minimum absolute atomic E-state index is 0. The van der Waals surface area contributed by atoms with Gasteiger partial charge in [-0.1, -0.05) is 0 Å². The maximum Gasteiger partial charge on any atom is 0.0563 e. The topological polar surface area (TPSA) is 20.2 Å². The normalized spacial score (nSPS) is 8.57. The van der Waals surface area contributed by atoms with Gasteiger partial charge in [-0.3, -0.25) is 0 Å². The Balaban J connectivity index is -0.0000000800. The second kappa shape index (κ2) is 6.33. The minimum atomic E-state index is -0.500. The summed E-state index contributed by atoms with van der Waals surface area (Å²) < 4.78 is 0. The van der Waals surface area contributed by atoms with E-state index in [0.29, 0.717) is 0 Å². The Labute approximate surface area is 97.3 Å². The molecule has 3 heteroatoms. The van der Waals surface area contributed by atoms with Crippen LogP contribution in [0.2, 0.25) is 0 Å². The van der Waals surface area contributed by atoms with Crippen LogP contribution in [-0.4, -0.2) is 10.7 Å². The molecule has 0 aliphatic carbocycles. The first kappa shape index (κ1) is 16.1. The second-order valence-corrected chi connectivity index (χ2v) is 2.17. The molecule has 1 radical (unpaired) electrons. The molecule has 0 bridgehead atoms. The summed E-state index contributed by atoms with van der Waals surface area (Å²) in [5.74, 6) is 0. The Kier molecular flexibility index (Phi) is 14.6. The van der Waals surface area contributed by atoms with Gasteiger partial charge in [0.1, 0.15) is 0 Å². The third kappa shape index (κ3) is 64.9. The monoisotopic (exact) mass is 305 g/mol. The smallest absolute Gasteiger partial charge is 0.0563 e. The zero-order valence-corrected chi connectivity index (χ0v) is 11.2. The Morgan fingerprint density at radius 2 is 1.14 bits per heavy atom. The van der Waals surface area contributed by atoms with Crippen molar-refractivity contribution in [1.82, 2.24) is 0 Å². The SMILES string of the molecule is CC(C)(C)O.[Pr].[Zr]. The van der Waals surface area contributed by atoms with Crippen LogP contribution in [0.5, 0.6) is 0 Å². The summed E-state index contributed by atoms with van der Waals surface area (Å²) in [5.41, 5.74) is -0.500. The van der Waals surface area contributed by atoms with Crippen molar-refractivity contribution in [3.8, 4) is 0 Å². The van der Waals surface area contributed by atoms with E-state index >= 15 is 0 Å². The van der Waals surface area contributed by atoms with Crippen molar-refractivity contribution in [2.45, 2.75) is 26.4 Å². The standard InChI is InChI=1S/C4H10O.Pr.Zr/c1-4(2,3)5;;/h5H,1-3H3;;. The summed E-state index contributed by atoms with van der Waals surface area (Å²) in [6.07, 6.45) is 0. The molecule has 1 nitrogen and oxygen atoms in total. The molecule has 0 atom stereocenters. The van der Waals surface area contributed by atoms with Crippen LogP contribution in [0.25, 0.3) is 0 Å². The predicted octanol–water partition coefficient (Wildman–Crippen LogP) is 0.775. The van der Waals surface area contributed by atoms with E-state index in [1.54, 1.807) is 20.8 Å². The van der Waals surface area contributed by atoms with E-state index in [4.69, 9.17) is 5.11 Å². The zero-order chi connectivity index (χ0) is 4.50. The third-order valence-corrected chi connectivity index (χ3v) is 0. The Hall–Kier alpha value is 2.21. The summed E-state index contributed by atoms with van der Waals surface area (Å²) in [6, 6.07) is 0. The molecule has 1 N–H and O–H groups in total. The molecule has 0 fully saturated rings. The summed E-state index contributed by atoms with van der Waals surface area (Å²) in [6.45, 7) is 5.23. The minimum Gasteiger partial charge on any atom is -0.391 e. The van der Waals surface area contributed by atoms with Gasteiger partial charge in [-0.2, -0.15) is 0 Å². The molecule has 0 saturated heterocycles. The molecule has 0 rings (SSSR count). The Morgan fingerprint density at radius 3 is 1.14 bits per heavy atom. The van der Waals surface area contributed by atoms with Crippen LogP contribution in [0.4, 0.5) is 0 Å². The number of rotatable bonds is 0. The van der Waals surface area contributed by atoms with E-state index in [0.717, 1.165) is 0 Å². The summed E-state index contributed by atoms with van der Waals surface area (Å²) >= 11 is 0. The van der Waals surface area contributed by atoms with Gasteiger partial charge in [-0.25, -0.2) is 0 Å². The van der Waals surface area contributed by atoms with Crippen molar-refractivity contribution >= 4 is 0 Å². The van der Waals surface area contributed by atoms with E-state index in [1.807, 2.05) is 0 Å². The molecule has 0 heterocycles. The molecule has 0 aromatic heterocycles. The maximum atomic E-state index is 8.52. The van der Waals surface area contributed by atoms with E-state index in [1.165, 1.54) is 0 Å². The van der Waals surface area contributed by atoms with Crippen molar-refractivity contribution < 1.29 is 72.6 Å². The molecule has 0 amide bonds. The van der Waals surface area contributed by atoms with Crippen LogP contribution in [0.15, 0.2) is 0 Å². The van der Waals surface area contributed by atoms with Crippen molar-refractivity contribution in [2.75, 3.05) is 0 Å². The van der Waals surface area contributed by atoms with Crippen molar-refractivity contribution in [3.05, 3.63) is 0 Å². The molecule has 0 unspecified atom stereocenters. The van der Waals surface area contributed by atoms with Gasteiger partial charge in [0.05, 0.1) is 5.60 Å². The van der Waals surface area contributed by atoms with Gasteiger partial charge in [0.2, 0.25) is 0 Å². The average molecular weight is 306 g/mol. The van der Waals surface area contributed by atoms with Gasteiger partial charge in [-0.15, -0.1) is 0 Å². The van der Waals surface area contributed by atoms with Gasteiger partial charge in [0.15, 0.2) is 0 Å². The van der Waals surface area contributed by atoms with Crippen LogP contribution in [0.1, 0.15) is 20.8 Å². The Bertz CT molecular complexity index is 27.2. The van der Waals surface area contributed by atoms with Gasteiger partial charge in [0.25, 0.3) is 0 Å². The maximum absolute atomic E-state index is 8.52. The van der Waals surface area contributed by atoms with Crippen LogP contribution in [-0.2, 0) is 26.2 Å². The second-order valence-electron chi connectivity index (χ2n) is 2.17. The van der Waals surface area contributed by atoms with Crippen LogP contribution in [0.3, 0.4) is 0 Å². The average Bonchev–Trinajstić information content (AvgIpc) is 0.722. The van der Waals surface area contributed by atoms with Crippen LogP contribution >= 0.6 is 0 Å². The number of hydrogen-bond acceptors (Lipinski definition) is 1. The molecule has 0 aliphatic rings. The predicted molar refractivity (Wildman–Crippen MR) is 22.0 cm³/mol. The molecular formula is C4H10OPrZr. The molecule has 7 heavy (non-hydrogen) atoms. The van der Waals surface area contributed by atoms with Gasteiger partial charge in [0, 0.05) is 67.5 Å². The first-order valence-corrected chi connectivity index (χ1v) is 1.72. The van der Waals surface area contributed by atoms with E-state index in [-0.39, 0.29) is 67.5 Å². The summed E-state index contributed by atoms with van der Waals surface area (Å²) in [7, 11) is 0. The first-order valence-electron chi connectivity index (χ1n) is 1.72. The first-order chi connectivity index (χ1) is 2.00. The van der Waals surface area contributed by atoms with E-state index < -0.39 is 5.60 Å². The quantitative estimate of drug-likeness (QED) is 0.701. The van der Waals surface area contributed by atoms with Crippen LogP contribution < -0.4 is 0 Å². The van der Waals surface area contributed by atoms with Crippen LogP contribution in [0, 0.1) is 41.3 Å². The molecule has 0 aromatic rings.